The van der Waals surface area contributed by atoms with E-state index in [2.05, 4.69) is 17.0 Å². The van der Waals surface area contributed by atoms with Crippen LogP contribution in [0.1, 0.15) is 17.7 Å². The summed E-state index contributed by atoms with van der Waals surface area (Å²) in [5, 5.41) is 9.42. The third-order valence-corrected chi connectivity index (χ3v) is 6.60. The van der Waals surface area contributed by atoms with Crippen LogP contribution in [-0.2, 0) is 17.4 Å². The van der Waals surface area contributed by atoms with E-state index in [-0.39, 0.29) is 28.1 Å². The number of nitrogens with one attached hydrogen (secondary N) is 1. The smallest absolute Gasteiger partial charge is 0.246 e. The highest BCUT2D eigenvalue weighted by Gasteiger charge is 2.44. The maximum absolute atomic E-state index is 15.0. The number of anilines is 1. The van der Waals surface area contributed by atoms with Crippen LogP contribution in [0.25, 0.3) is 10.9 Å². The topological polar surface area (TPSA) is 50.2 Å². The standard InChI is InChI=1S/C22H21Cl2FN4O/c1-4-19(30)29-10-9-22(12-29,20-17(25)8-7-16(23)21(20)24)26-14-5-6-15-13(2)28(3)27-18(15)11-14/h4-8,11,26H,1,9-10,12H2,2-3H3/t22-/m0/s1. The van der Waals surface area contributed by atoms with E-state index in [1.807, 2.05) is 36.9 Å². The normalized spacial score (nSPS) is 18.8. The van der Waals surface area contributed by atoms with Crippen LogP contribution < -0.4 is 5.32 Å². The van der Waals surface area contributed by atoms with E-state index >= 15 is 4.39 Å². The van der Waals surface area contributed by atoms with Crippen molar-refractivity contribution in [3.8, 4) is 0 Å². The van der Waals surface area contributed by atoms with Gasteiger partial charge in [-0.15, -0.1) is 0 Å². The highest BCUT2D eigenvalue weighted by atomic mass is 35.5. The fraction of sp³-hybridized carbons (Fsp3) is 0.273. The molecule has 2 heterocycles. The predicted molar refractivity (Wildman–Crippen MR) is 119 cm³/mol. The quantitative estimate of drug-likeness (QED) is 0.450. The van der Waals surface area contributed by atoms with Gasteiger partial charge in [0.1, 0.15) is 5.82 Å². The van der Waals surface area contributed by atoms with Crippen LogP contribution in [0.3, 0.4) is 0 Å². The molecule has 0 bridgehead atoms. The highest BCUT2D eigenvalue weighted by Crippen LogP contribution is 2.43. The van der Waals surface area contributed by atoms with Crippen molar-refractivity contribution < 1.29 is 9.18 Å². The molecule has 156 valence electrons. The Morgan fingerprint density at radius 3 is 2.83 bits per heavy atom. The number of benzene rings is 2. The lowest BCUT2D eigenvalue weighted by atomic mass is 9.87. The molecular weight excluding hydrogens is 426 g/mol. The zero-order valence-corrected chi connectivity index (χ0v) is 18.2. The maximum Gasteiger partial charge on any atom is 0.246 e. The third-order valence-electron chi connectivity index (χ3n) is 5.79. The first-order valence-electron chi connectivity index (χ1n) is 9.52. The Labute approximate surface area is 184 Å². The molecule has 1 aliphatic heterocycles. The van der Waals surface area contributed by atoms with E-state index in [0.717, 1.165) is 22.3 Å². The van der Waals surface area contributed by atoms with Crippen LogP contribution >= 0.6 is 23.2 Å². The fourth-order valence-corrected chi connectivity index (χ4v) is 4.64. The van der Waals surface area contributed by atoms with Crippen LogP contribution in [0, 0.1) is 12.7 Å². The van der Waals surface area contributed by atoms with Crippen LogP contribution in [0.5, 0.6) is 0 Å². The zero-order valence-electron chi connectivity index (χ0n) is 16.7. The van der Waals surface area contributed by atoms with Crippen molar-refractivity contribution in [1.82, 2.24) is 14.7 Å². The van der Waals surface area contributed by atoms with Gasteiger partial charge < -0.3 is 10.2 Å². The molecule has 1 aliphatic rings. The van der Waals surface area contributed by atoms with Gasteiger partial charge in [-0.05, 0) is 49.8 Å². The first-order valence-corrected chi connectivity index (χ1v) is 10.3. The summed E-state index contributed by atoms with van der Waals surface area (Å²) in [5.74, 6) is -0.687. The second kappa shape index (κ2) is 7.60. The number of carbonyl (C=O) groups excluding carboxylic acids is 1. The molecule has 1 saturated heterocycles. The lowest BCUT2D eigenvalue weighted by molar-refractivity contribution is -0.125. The lowest BCUT2D eigenvalue weighted by Gasteiger charge is -2.33. The molecule has 0 saturated carbocycles. The predicted octanol–water partition coefficient (Wildman–Crippen LogP) is 5.05. The number of hydrogen-bond donors (Lipinski definition) is 1. The number of carbonyl (C=O) groups is 1. The highest BCUT2D eigenvalue weighted by molar-refractivity contribution is 6.42. The molecule has 1 fully saturated rings. The molecular formula is C22H21Cl2FN4O. The first kappa shape index (κ1) is 20.7. The molecule has 1 atom stereocenters. The van der Waals surface area contributed by atoms with Gasteiger partial charge in [0.2, 0.25) is 5.91 Å². The summed E-state index contributed by atoms with van der Waals surface area (Å²) in [7, 11) is 1.89. The van der Waals surface area contributed by atoms with E-state index in [0.29, 0.717) is 13.0 Å². The molecule has 5 nitrogen and oxygen atoms in total. The van der Waals surface area contributed by atoms with Crippen molar-refractivity contribution in [2.24, 2.45) is 7.05 Å². The second-order valence-corrected chi connectivity index (χ2v) is 8.37. The van der Waals surface area contributed by atoms with E-state index in [9.17, 15) is 4.79 Å². The molecule has 1 N–H and O–H groups in total. The van der Waals surface area contributed by atoms with Crippen molar-refractivity contribution >= 4 is 45.7 Å². The van der Waals surface area contributed by atoms with Crippen molar-refractivity contribution in [1.29, 1.82) is 0 Å². The average molecular weight is 447 g/mol. The molecule has 2 aromatic carbocycles. The Balaban J connectivity index is 1.82. The van der Waals surface area contributed by atoms with Gasteiger partial charge in [-0.1, -0.05) is 29.8 Å². The number of aryl methyl sites for hydroxylation is 2. The summed E-state index contributed by atoms with van der Waals surface area (Å²) >= 11 is 12.7. The molecule has 1 amide bonds. The molecule has 4 rings (SSSR count). The molecule has 1 aromatic heterocycles. The number of halogens is 3. The summed E-state index contributed by atoms with van der Waals surface area (Å²) in [5.41, 5.74) is 1.95. The van der Waals surface area contributed by atoms with Crippen molar-refractivity contribution in [2.75, 3.05) is 18.4 Å². The third kappa shape index (κ3) is 3.34. The zero-order chi connectivity index (χ0) is 21.6. The molecule has 0 radical (unpaired) electrons. The minimum atomic E-state index is -0.942. The Morgan fingerprint density at radius 1 is 1.33 bits per heavy atom. The summed E-state index contributed by atoms with van der Waals surface area (Å²) in [6.07, 6.45) is 1.72. The summed E-state index contributed by atoms with van der Waals surface area (Å²) in [6, 6.07) is 8.55. The number of likely N-dealkylation sites (tertiary alicyclic amines) is 1. The van der Waals surface area contributed by atoms with E-state index in [1.165, 1.54) is 18.2 Å². The van der Waals surface area contributed by atoms with E-state index in [1.54, 1.807) is 4.90 Å². The molecule has 0 unspecified atom stereocenters. The second-order valence-electron chi connectivity index (χ2n) is 7.58. The maximum atomic E-state index is 15.0. The van der Waals surface area contributed by atoms with Crippen LogP contribution in [0.15, 0.2) is 43.0 Å². The molecule has 0 aliphatic carbocycles. The fourth-order valence-electron chi connectivity index (χ4n) is 4.15. The Kier molecular flexibility index (Phi) is 5.24. The number of fused-ring (bicyclic) bond motifs is 1. The van der Waals surface area contributed by atoms with Gasteiger partial charge in [0, 0.05) is 42.5 Å². The van der Waals surface area contributed by atoms with Crippen molar-refractivity contribution in [3.05, 3.63) is 70.1 Å². The van der Waals surface area contributed by atoms with Gasteiger partial charge in [0.15, 0.2) is 0 Å². The first-order chi connectivity index (χ1) is 14.3. The summed E-state index contributed by atoms with van der Waals surface area (Å²) < 4.78 is 16.8. The number of rotatable bonds is 4. The van der Waals surface area contributed by atoms with E-state index in [4.69, 9.17) is 23.2 Å². The molecule has 30 heavy (non-hydrogen) atoms. The minimum Gasteiger partial charge on any atom is -0.373 e. The van der Waals surface area contributed by atoms with Crippen LogP contribution in [0.4, 0.5) is 10.1 Å². The summed E-state index contributed by atoms with van der Waals surface area (Å²) in [6.45, 7) is 6.23. The Hall–Kier alpha value is -2.57. The van der Waals surface area contributed by atoms with Gasteiger partial charge in [-0.3, -0.25) is 9.48 Å². The number of aromatic nitrogens is 2. The number of hydrogen-bond acceptors (Lipinski definition) is 3. The summed E-state index contributed by atoms with van der Waals surface area (Å²) in [4.78, 5) is 13.9. The largest absolute Gasteiger partial charge is 0.373 e. The minimum absolute atomic E-state index is 0.145. The SMILES string of the molecule is C=CC(=O)N1CC[C@@](Nc2ccc3c(C)n(C)nc3c2)(c2c(F)ccc(Cl)c2Cl)C1. The van der Waals surface area contributed by atoms with Crippen LogP contribution in [-0.4, -0.2) is 33.7 Å². The van der Waals surface area contributed by atoms with Crippen molar-refractivity contribution in [3.63, 3.8) is 0 Å². The van der Waals surface area contributed by atoms with E-state index < -0.39 is 11.4 Å². The average Bonchev–Trinajstić information content (AvgIpc) is 3.26. The Bertz CT molecular complexity index is 1180. The van der Waals surface area contributed by atoms with Gasteiger partial charge in [0.05, 0.1) is 21.1 Å². The van der Waals surface area contributed by atoms with Gasteiger partial charge in [-0.2, -0.15) is 5.10 Å². The number of amides is 1. The van der Waals surface area contributed by atoms with Gasteiger partial charge >= 0.3 is 0 Å². The molecule has 0 spiro atoms. The number of nitrogens with zero attached hydrogens (tertiary/aromatic N) is 3. The molecule has 3 aromatic rings. The van der Waals surface area contributed by atoms with Gasteiger partial charge in [-0.25, -0.2) is 4.39 Å². The van der Waals surface area contributed by atoms with Gasteiger partial charge in [0.25, 0.3) is 0 Å². The van der Waals surface area contributed by atoms with Crippen molar-refractivity contribution in [2.45, 2.75) is 18.9 Å². The monoisotopic (exact) mass is 446 g/mol. The molecule has 8 heteroatoms. The van der Waals surface area contributed by atoms with Crippen LogP contribution in [0.2, 0.25) is 10.0 Å². The lowest BCUT2D eigenvalue weighted by Crippen LogP contribution is -2.41. The Morgan fingerprint density at radius 2 is 2.10 bits per heavy atom.